The van der Waals surface area contributed by atoms with Crippen LogP contribution in [0.4, 0.5) is 0 Å². The van der Waals surface area contributed by atoms with Crippen LogP contribution in [0.3, 0.4) is 0 Å². The summed E-state index contributed by atoms with van der Waals surface area (Å²) >= 11 is 5.91. The van der Waals surface area contributed by atoms with Crippen molar-refractivity contribution in [2.75, 3.05) is 33.8 Å². The quantitative estimate of drug-likeness (QED) is 0.573. The van der Waals surface area contributed by atoms with Crippen molar-refractivity contribution in [2.45, 2.75) is 18.3 Å². The van der Waals surface area contributed by atoms with Gasteiger partial charge in [-0.15, -0.1) is 0 Å². The molecule has 4 nitrogen and oxygen atoms in total. The van der Waals surface area contributed by atoms with Gasteiger partial charge in [0.25, 0.3) is 0 Å². The molecule has 0 aromatic heterocycles. The fourth-order valence-corrected chi connectivity index (χ4v) is 3.90. The lowest BCUT2D eigenvalue weighted by atomic mass is 9.73. The molecule has 0 spiro atoms. The normalized spacial score (nSPS) is 24.8. The molecular formula is C22H24ClN2O2+. The molecule has 0 N–H and O–H groups in total. The number of ether oxygens (including phenoxy) is 1. The number of piperidine rings is 1. The van der Waals surface area contributed by atoms with E-state index in [0.29, 0.717) is 21.6 Å². The van der Waals surface area contributed by atoms with E-state index < -0.39 is 5.41 Å². The fraction of sp³-hybridized carbons (Fsp3) is 0.364. The Morgan fingerprint density at radius 1 is 1.22 bits per heavy atom. The van der Waals surface area contributed by atoms with Gasteiger partial charge in [0.2, 0.25) is 5.78 Å². The first-order valence-electron chi connectivity index (χ1n) is 9.08. The minimum absolute atomic E-state index is 0.111. The van der Waals surface area contributed by atoms with Gasteiger partial charge in [-0.3, -0.25) is 4.79 Å². The summed E-state index contributed by atoms with van der Waals surface area (Å²) in [5.74, 6) is 0.878. The number of benzene rings is 2. The van der Waals surface area contributed by atoms with Crippen LogP contribution in [0.2, 0.25) is 5.02 Å². The summed E-state index contributed by atoms with van der Waals surface area (Å²) in [6, 6.07) is 17.4. The van der Waals surface area contributed by atoms with E-state index in [9.17, 15) is 10.1 Å². The second-order valence-corrected chi connectivity index (χ2v) is 8.02. The van der Waals surface area contributed by atoms with Gasteiger partial charge in [0, 0.05) is 23.4 Å². The van der Waals surface area contributed by atoms with Gasteiger partial charge in [-0.1, -0.05) is 23.7 Å². The molecule has 2 aromatic rings. The zero-order valence-electron chi connectivity index (χ0n) is 15.7. The molecule has 0 atom stereocenters. The third-order valence-corrected chi connectivity index (χ3v) is 5.94. The first-order valence-corrected chi connectivity index (χ1v) is 9.46. The zero-order valence-corrected chi connectivity index (χ0v) is 16.5. The summed E-state index contributed by atoms with van der Waals surface area (Å²) in [6.07, 6.45) is 1.45. The van der Waals surface area contributed by atoms with Crippen LogP contribution in [0.25, 0.3) is 0 Å². The molecule has 0 aliphatic carbocycles. The van der Waals surface area contributed by atoms with Crippen molar-refractivity contribution in [3.05, 3.63) is 64.7 Å². The van der Waals surface area contributed by atoms with Crippen LogP contribution >= 0.6 is 11.6 Å². The summed E-state index contributed by atoms with van der Waals surface area (Å²) in [5, 5.41) is 10.6. The third kappa shape index (κ3) is 4.16. The molecule has 2 aromatic carbocycles. The van der Waals surface area contributed by atoms with Crippen LogP contribution in [-0.2, 0) is 5.41 Å². The summed E-state index contributed by atoms with van der Waals surface area (Å²) in [7, 11) is 3.73. The lowest BCUT2D eigenvalue weighted by Gasteiger charge is -2.43. The molecule has 140 valence electrons. The highest BCUT2D eigenvalue weighted by atomic mass is 35.5. The van der Waals surface area contributed by atoms with Gasteiger partial charge >= 0.3 is 0 Å². The number of nitriles is 1. The number of methoxy groups -OCH3 is 1. The second-order valence-electron chi connectivity index (χ2n) is 7.58. The highest BCUT2D eigenvalue weighted by Gasteiger charge is 2.43. The number of rotatable bonds is 5. The Labute approximate surface area is 165 Å². The van der Waals surface area contributed by atoms with Crippen molar-refractivity contribution >= 4 is 17.4 Å². The lowest BCUT2D eigenvalue weighted by Crippen LogP contribution is -2.55. The highest BCUT2D eigenvalue weighted by molar-refractivity contribution is 6.30. The van der Waals surface area contributed by atoms with Gasteiger partial charge < -0.3 is 9.22 Å². The largest absolute Gasteiger partial charge is 0.497 e. The predicted molar refractivity (Wildman–Crippen MR) is 106 cm³/mol. The van der Waals surface area contributed by atoms with Crippen LogP contribution in [0.15, 0.2) is 48.5 Å². The first-order chi connectivity index (χ1) is 12.9. The fourth-order valence-electron chi connectivity index (χ4n) is 3.78. The molecule has 1 aliphatic heterocycles. The molecular weight excluding hydrogens is 360 g/mol. The molecule has 27 heavy (non-hydrogen) atoms. The second kappa shape index (κ2) is 7.72. The maximum absolute atomic E-state index is 12.7. The molecule has 0 saturated carbocycles. The van der Waals surface area contributed by atoms with E-state index in [1.807, 2.05) is 24.3 Å². The van der Waals surface area contributed by atoms with Crippen molar-refractivity contribution < 1.29 is 14.0 Å². The Hall–Kier alpha value is -2.35. The molecule has 0 bridgehead atoms. The van der Waals surface area contributed by atoms with Gasteiger partial charge in [0.05, 0.1) is 38.7 Å². The average Bonchev–Trinajstić information content (AvgIpc) is 2.69. The Kier molecular flexibility index (Phi) is 5.55. The number of likely N-dealkylation sites (tertiary alicyclic amines) is 1. The Morgan fingerprint density at radius 3 is 2.48 bits per heavy atom. The number of quaternary nitrogens is 1. The standard InChI is InChI=1S/C22H24ClN2O2/c1-25(15-21(26)17-6-8-19(23)9-7-17)12-10-22(16-24,11-13-25)18-4-3-5-20(14-18)27-2/h3-9,14H,10-13,15H2,1-2H3/q+1. The van der Waals surface area contributed by atoms with Crippen molar-refractivity contribution in [2.24, 2.45) is 0 Å². The zero-order chi connectivity index (χ0) is 19.5. The monoisotopic (exact) mass is 383 g/mol. The van der Waals surface area contributed by atoms with Crippen molar-refractivity contribution in [3.8, 4) is 11.8 Å². The van der Waals surface area contributed by atoms with Gasteiger partial charge in [-0.05, 0) is 42.0 Å². The summed E-state index contributed by atoms with van der Waals surface area (Å²) in [4.78, 5) is 12.7. The third-order valence-electron chi connectivity index (χ3n) is 5.68. The molecule has 1 saturated heterocycles. The van der Waals surface area contributed by atoms with E-state index >= 15 is 0 Å². The molecule has 0 amide bonds. The minimum atomic E-state index is -0.518. The van der Waals surface area contributed by atoms with Crippen LogP contribution in [0, 0.1) is 11.3 Å². The van der Waals surface area contributed by atoms with E-state index in [1.165, 1.54) is 0 Å². The maximum atomic E-state index is 12.7. The van der Waals surface area contributed by atoms with Gasteiger partial charge in [0.1, 0.15) is 12.3 Å². The predicted octanol–water partition coefficient (Wildman–Crippen LogP) is 4.23. The molecule has 1 fully saturated rings. The van der Waals surface area contributed by atoms with Gasteiger partial charge in [0.15, 0.2) is 0 Å². The number of hydrogen-bond donors (Lipinski definition) is 0. The minimum Gasteiger partial charge on any atom is -0.497 e. The molecule has 1 heterocycles. The van der Waals surface area contributed by atoms with E-state index in [0.717, 1.165) is 37.2 Å². The molecule has 0 radical (unpaired) electrons. The number of carbonyl (C=O) groups is 1. The number of carbonyl (C=O) groups excluding carboxylic acids is 1. The van der Waals surface area contributed by atoms with Crippen LogP contribution in [-0.4, -0.2) is 44.1 Å². The van der Waals surface area contributed by atoms with Crippen LogP contribution < -0.4 is 4.74 Å². The molecule has 3 rings (SSSR count). The number of hydrogen-bond acceptors (Lipinski definition) is 3. The Balaban J connectivity index is 1.73. The van der Waals surface area contributed by atoms with Crippen molar-refractivity contribution in [1.29, 1.82) is 5.26 Å². The van der Waals surface area contributed by atoms with Crippen molar-refractivity contribution in [1.82, 2.24) is 0 Å². The highest BCUT2D eigenvalue weighted by Crippen LogP contribution is 2.38. The Bertz CT molecular complexity index is 863. The SMILES string of the molecule is COc1cccc(C2(C#N)CC[N+](C)(CC(=O)c3ccc(Cl)cc3)CC2)c1. The van der Waals surface area contributed by atoms with Gasteiger partial charge in [-0.25, -0.2) is 0 Å². The van der Waals surface area contributed by atoms with Gasteiger partial charge in [-0.2, -0.15) is 5.26 Å². The molecule has 0 unspecified atom stereocenters. The van der Waals surface area contributed by atoms with Crippen LogP contribution in [0.5, 0.6) is 5.75 Å². The summed E-state index contributed by atoms with van der Waals surface area (Å²) in [6.45, 7) is 2.00. The average molecular weight is 384 g/mol. The molecule has 5 heteroatoms. The summed E-state index contributed by atoms with van der Waals surface area (Å²) in [5.41, 5.74) is 1.17. The number of halogens is 1. The molecule has 1 aliphatic rings. The van der Waals surface area contributed by atoms with Crippen LogP contribution in [0.1, 0.15) is 28.8 Å². The number of nitrogens with zero attached hydrogens (tertiary/aromatic N) is 2. The summed E-state index contributed by atoms with van der Waals surface area (Å²) < 4.78 is 5.97. The first kappa shape index (κ1) is 19.4. The van der Waals surface area contributed by atoms with E-state index in [1.54, 1.807) is 31.4 Å². The number of Topliss-reactive ketones (excluding diaryl/α,β-unsaturated/α-hetero) is 1. The van der Waals surface area contributed by atoms with E-state index in [-0.39, 0.29) is 5.78 Å². The number of likely N-dealkylation sites (N-methyl/N-ethyl adjacent to an activating group) is 1. The Morgan fingerprint density at radius 2 is 1.89 bits per heavy atom. The topological polar surface area (TPSA) is 50.1 Å². The van der Waals surface area contributed by atoms with Crippen molar-refractivity contribution in [3.63, 3.8) is 0 Å². The number of ketones is 1. The smallest absolute Gasteiger partial charge is 0.216 e. The maximum Gasteiger partial charge on any atom is 0.216 e. The lowest BCUT2D eigenvalue weighted by molar-refractivity contribution is -0.907. The van der Waals surface area contributed by atoms with E-state index in [4.69, 9.17) is 16.3 Å². The van der Waals surface area contributed by atoms with E-state index in [2.05, 4.69) is 13.1 Å².